The molecule has 1 saturated carbocycles. The van der Waals surface area contributed by atoms with Crippen molar-refractivity contribution in [2.75, 3.05) is 6.61 Å². The molecule has 1 aliphatic heterocycles. The number of hydrogen-bond donors (Lipinski definition) is 1. The Kier molecular flexibility index (Phi) is 4.21. The number of hydrogen-bond acceptors (Lipinski definition) is 2. The summed E-state index contributed by atoms with van der Waals surface area (Å²) in [5, 5.41) is 3.89. The van der Waals surface area contributed by atoms with Crippen LogP contribution in [0.5, 0.6) is 0 Å². The molecule has 4 unspecified atom stereocenters. The van der Waals surface area contributed by atoms with Crippen LogP contribution in [-0.4, -0.2) is 18.2 Å². The monoisotopic (exact) mass is 337 g/mol. The number of morpholine rings is 1. The van der Waals surface area contributed by atoms with Crippen LogP contribution in [0, 0.1) is 5.92 Å². The summed E-state index contributed by atoms with van der Waals surface area (Å²) in [5.41, 5.74) is 1.48. The molecule has 1 aromatic rings. The van der Waals surface area contributed by atoms with Gasteiger partial charge in [0.2, 0.25) is 0 Å². The summed E-state index contributed by atoms with van der Waals surface area (Å²) in [6, 6.07) is 8.85. The Morgan fingerprint density at radius 2 is 2.20 bits per heavy atom. The third-order valence-electron chi connectivity index (χ3n) is 4.80. The highest BCUT2D eigenvalue weighted by molar-refractivity contribution is 9.10. The second-order valence-corrected chi connectivity index (χ2v) is 7.62. The Bertz CT molecular complexity index is 478. The molecule has 110 valence electrons. The molecule has 2 fully saturated rings. The number of nitrogens with one attached hydrogen (secondary N) is 1. The molecular weight excluding hydrogens is 314 g/mol. The maximum atomic E-state index is 6.29. The molecule has 1 heterocycles. The van der Waals surface area contributed by atoms with Gasteiger partial charge >= 0.3 is 0 Å². The molecule has 0 bridgehead atoms. The van der Waals surface area contributed by atoms with Gasteiger partial charge in [-0.05, 0) is 43.4 Å². The van der Waals surface area contributed by atoms with Gasteiger partial charge in [0.1, 0.15) is 0 Å². The Balaban J connectivity index is 1.74. The Hall–Kier alpha value is -0.380. The fourth-order valence-corrected chi connectivity index (χ4v) is 4.40. The Labute approximate surface area is 130 Å². The lowest BCUT2D eigenvalue weighted by Crippen LogP contribution is -2.60. The van der Waals surface area contributed by atoms with Crippen LogP contribution in [-0.2, 0) is 4.74 Å². The van der Waals surface area contributed by atoms with Gasteiger partial charge in [0.05, 0.1) is 12.7 Å². The maximum Gasteiger partial charge on any atom is 0.0976 e. The molecule has 3 rings (SSSR count). The predicted molar refractivity (Wildman–Crippen MR) is 85.8 cm³/mol. The van der Waals surface area contributed by atoms with Crippen molar-refractivity contribution in [1.29, 1.82) is 0 Å². The van der Waals surface area contributed by atoms with E-state index >= 15 is 0 Å². The first-order valence-electron chi connectivity index (χ1n) is 7.73. The van der Waals surface area contributed by atoms with E-state index in [1.165, 1.54) is 31.2 Å². The first-order chi connectivity index (χ1) is 9.58. The van der Waals surface area contributed by atoms with Gasteiger partial charge in [-0.25, -0.2) is 0 Å². The van der Waals surface area contributed by atoms with Gasteiger partial charge in [-0.2, -0.15) is 0 Å². The van der Waals surface area contributed by atoms with E-state index < -0.39 is 0 Å². The second-order valence-electron chi connectivity index (χ2n) is 6.70. The summed E-state index contributed by atoms with van der Waals surface area (Å²) >= 11 is 3.55. The average molecular weight is 338 g/mol. The lowest BCUT2D eigenvalue weighted by molar-refractivity contribution is -0.0767. The first-order valence-corrected chi connectivity index (χ1v) is 8.52. The van der Waals surface area contributed by atoms with Crippen molar-refractivity contribution in [2.45, 2.75) is 57.2 Å². The van der Waals surface area contributed by atoms with Crippen molar-refractivity contribution in [3.8, 4) is 0 Å². The van der Waals surface area contributed by atoms with Gasteiger partial charge in [0.15, 0.2) is 0 Å². The summed E-state index contributed by atoms with van der Waals surface area (Å²) in [4.78, 5) is 0. The summed E-state index contributed by atoms with van der Waals surface area (Å²) < 4.78 is 7.41. The number of halogens is 1. The molecule has 0 amide bonds. The Morgan fingerprint density at radius 3 is 2.90 bits per heavy atom. The number of rotatable bonds is 1. The van der Waals surface area contributed by atoms with Crippen LogP contribution < -0.4 is 5.32 Å². The number of benzene rings is 1. The molecule has 2 nitrogen and oxygen atoms in total. The maximum absolute atomic E-state index is 6.29. The van der Waals surface area contributed by atoms with Crippen LogP contribution in [0.25, 0.3) is 0 Å². The topological polar surface area (TPSA) is 21.3 Å². The molecule has 1 spiro atoms. The third-order valence-corrected chi connectivity index (χ3v) is 5.29. The van der Waals surface area contributed by atoms with Gasteiger partial charge in [-0.1, -0.05) is 47.8 Å². The van der Waals surface area contributed by atoms with Crippen LogP contribution >= 0.6 is 15.9 Å². The van der Waals surface area contributed by atoms with Gasteiger partial charge in [-0.3, -0.25) is 0 Å². The largest absolute Gasteiger partial charge is 0.370 e. The predicted octanol–water partition coefficient (Wildman–Crippen LogP) is 4.45. The zero-order chi connectivity index (χ0) is 14.2. The van der Waals surface area contributed by atoms with Crippen molar-refractivity contribution in [3.63, 3.8) is 0 Å². The minimum absolute atomic E-state index is 0.162. The van der Waals surface area contributed by atoms with Gasteiger partial charge in [0, 0.05) is 16.1 Å². The fraction of sp³-hybridized carbons (Fsp3) is 0.647. The van der Waals surface area contributed by atoms with Crippen molar-refractivity contribution < 1.29 is 4.74 Å². The normalized spacial score (nSPS) is 38.0. The summed E-state index contributed by atoms with van der Waals surface area (Å²) in [5.74, 6) is 0.814. The molecule has 4 atom stereocenters. The van der Waals surface area contributed by atoms with Crippen LogP contribution in [0.15, 0.2) is 28.7 Å². The Morgan fingerprint density at radius 1 is 1.35 bits per heavy atom. The van der Waals surface area contributed by atoms with Crippen LogP contribution in [0.4, 0.5) is 0 Å². The molecule has 0 radical (unpaired) electrons. The smallest absolute Gasteiger partial charge is 0.0976 e. The van der Waals surface area contributed by atoms with Gasteiger partial charge < -0.3 is 10.1 Å². The molecular formula is C17H24BrNO. The molecule has 1 aliphatic carbocycles. The van der Waals surface area contributed by atoms with E-state index in [1.54, 1.807) is 0 Å². The van der Waals surface area contributed by atoms with Gasteiger partial charge in [0.25, 0.3) is 0 Å². The molecule has 3 heteroatoms. The van der Waals surface area contributed by atoms with E-state index in [0.29, 0.717) is 6.04 Å². The highest BCUT2D eigenvalue weighted by Gasteiger charge is 2.42. The van der Waals surface area contributed by atoms with E-state index in [1.807, 2.05) is 0 Å². The molecule has 1 N–H and O–H groups in total. The van der Waals surface area contributed by atoms with E-state index in [0.717, 1.165) is 17.0 Å². The highest BCUT2D eigenvalue weighted by atomic mass is 79.9. The molecule has 1 saturated heterocycles. The first kappa shape index (κ1) is 14.6. The van der Waals surface area contributed by atoms with Crippen molar-refractivity contribution >= 4 is 15.9 Å². The quantitative estimate of drug-likeness (QED) is 0.817. The minimum Gasteiger partial charge on any atom is -0.370 e. The summed E-state index contributed by atoms with van der Waals surface area (Å²) in [7, 11) is 0. The number of ether oxygens (including phenoxy) is 1. The van der Waals surface area contributed by atoms with Crippen molar-refractivity contribution in [3.05, 3.63) is 34.3 Å². The summed E-state index contributed by atoms with van der Waals surface area (Å²) in [6.07, 6.45) is 5.36. The van der Waals surface area contributed by atoms with E-state index in [4.69, 9.17) is 4.74 Å². The van der Waals surface area contributed by atoms with E-state index in [2.05, 4.69) is 59.4 Å². The molecule has 0 aromatic heterocycles. The zero-order valence-electron chi connectivity index (χ0n) is 12.4. The summed E-state index contributed by atoms with van der Waals surface area (Å²) in [6.45, 7) is 5.47. The highest BCUT2D eigenvalue weighted by Crippen LogP contribution is 2.38. The van der Waals surface area contributed by atoms with E-state index in [9.17, 15) is 0 Å². The van der Waals surface area contributed by atoms with Crippen LogP contribution in [0.3, 0.4) is 0 Å². The lowest BCUT2D eigenvalue weighted by Gasteiger charge is -2.48. The van der Waals surface area contributed by atoms with Crippen LogP contribution in [0.2, 0.25) is 0 Å². The average Bonchev–Trinajstić information content (AvgIpc) is 2.38. The SMILES string of the molecule is CC1CCCC2(COC(c3cccc(Br)c3)C(C)N2)C1. The lowest BCUT2D eigenvalue weighted by atomic mass is 9.75. The standard InChI is InChI=1S/C17H24BrNO/c1-12-5-4-8-17(10-12)11-20-16(13(2)19-17)14-6-3-7-15(18)9-14/h3,6-7,9,12-13,16,19H,4-5,8,10-11H2,1-2H3. The van der Waals surface area contributed by atoms with Crippen molar-refractivity contribution in [2.24, 2.45) is 5.92 Å². The zero-order valence-corrected chi connectivity index (χ0v) is 13.9. The molecule has 1 aromatic carbocycles. The molecule has 2 aliphatic rings. The minimum atomic E-state index is 0.162. The fourth-order valence-electron chi connectivity index (χ4n) is 3.98. The second kappa shape index (κ2) is 5.78. The van der Waals surface area contributed by atoms with Crippen molar-refractivity contribution in [1.82, 2.24) is 5.32 Å². The van der Waals surface area contributed by atoms with E-state index in [-0.39, 0.29) is 11.6 Å². The van der Waals surface area contributed by atoms with Gasteiger partial charge in [-0.15, -0.1) is 0 Å². The third kappa shape index (κ3) is 2.95. The van der Waals surface area contributed by atoms with Crippen LogP contribution in [0.1, 0.15) is 51.2 Å². The molecule has 20 heavy (non-hydrogen) atoms.